The zero-order valence-corrected chi connectivity index (χ0v) is 15.4. The van der Waals surface area contributed by atoms with Crippen molar-refractivity contribution in [2.24, 2.45) is 0 Å². The molecule has 23 heavy (non-hydrogen) atoms. The summed E-state index contributed by atoms with van der Waals surface area (Å²) in [5, 5.41) is 18.8. The lowest BCUT2D eigenvalue weighted by molar-refractivity contribution is -0.159. The third-order valence-corrected chi connectivity index (χ3v) is 3.43. The van der Waals surface area contributed by atoms with E-state index in [1.165, 1.54) is 12.8 Å². The Morgan fingerprint density at radius 2 is 1.87 bits per heavy atom. The summed E-state index contributed by atoms with van der Waals surface area (Å²) in [6.45, 7) is 6.71. The Bertz CT molecular complexity index is 490. The zero-order valence-electron chi connectivity index (χ0n) is 13.1. The molecule has 1 rings (SSSR count). The lowest BCUT2D eigenvalue weighted by Gasteiger charge is -2.11. The van der Waals surface area contributed by atoms with Crippen molar-refractivity contribution in [3.63, 3.8) is 0 Å². The number of hydrogen-bond acceptors (Lipinski definition) is 4. The molecule has 0 aliphatic carbocycles. The fourth-order valence-corrected chi connectivity index (χ4v) is 2.61. The van der Waals surface area contributed by atoms with Crippen LogP contribution in [0.3, 0.4) is 0 Å². The van der Waals surface area contributed by atoms with E-state index in [0.717, 1.165) is 28.9 Å². The van der Waals surface area contributed by atoms with Gasteiger partial charge in [0.05, 0.1) is 9.50 Å². The summed E-state index contributed by atoms with van der Waals surface area (Å²) >= 11 is 9.58. The molecule has 0 atom stereocenters. The molecule has 0 heterocycles. The molecule has 0 saturated heterocycles. The number of carboxylic acid groups (broad SMARTS) is 2. The highest BCUT2D eigenvalue weighted by atomic mass is 79.9. The maximum absolute atomic E-state index is 9.10. The largest absolute Gasteiger partial charge is 0.490 e. The molecular formula is C15H21BrClNO5. The number of halogens is 2. The van der Waals surface area contributed by atoms with Gasteiger partial charge in [-0.2, -0.15) is 0 Å². The van der Waals surface area contributed by atoms with E-state index in [1.54, 1.807) is 0 Å². The molecular weight excluding hydrogens is 390 g/mol. The molecule has 0 radical (unpaired) electrons. The highest BCUT2D eigenvalue weighted by Gasteiger charge is 2.07. The predicted molar refractivity (Wildman–Crippen MR) is 92.4 cm³/mol. The van der Waals surface area contributed by atoms with Crippen molar-refractivity contribution in [3.8, 4) is 5.75 Å². The van der Waals surface area contributed by atoms with Crippen LogP contribution in [0, 0.1) is 6.92 Å². The summed E-state index contributed by atoms with van der Waals surface area (Å²) in [5.74, 6) is -2.92. The van der Waals surface area contributed by atoms with E-state index < -0.39 is 11.9 Å². The van der Waals surface area contributed by atoms with E-state index in [0.29, 0.717) is 11.6 Å². The van der Waals surface area contributed by atoms with Crippen LogP contribution in [-0.2, 0) is 9.59 Å². The van der Waals surface area contributed by atoms with Crippen LogP contribution < -0.4 is 10.1 Å². The Hall–Kier alpha value is -1.31. The number of aryl methyl sites for hydroxylation is 1. The van der Waals surface area contributed by atoms with Crippen LogP contribution in [0.5, 0.6) is 5.75 Å². The number of hydrogen-bond donors (Lipinski definition) is 3. The Morgan fingerprint density at radius 1 is 1.26 bits per heavy atom. The lowest BCUT2D eigenvalue weighted by Crippen LogP contribution is -2.22. The van der Waals surface area contributed by atoms with Crippen LogP contribution in [0.25, 0.3) is 0 Å². The third kappa shape index (κ3) is 10.1. The number of rotatable bonds is 7. The van der Waals surface area contributed by atoms with Gasteiger partial charge in [-0.1, -0.05) is 24.9 Å². The van der Waals surface area contributed by atoms with Gasteiger partial charge in [0.15, 0.2) is 5.75 Å². The summed E-state index contributed by atoms with van der Waals surface area (Å²) in [6, 6.07) is 3.91. The Labute approximate surface area is 148 Å². The molecule has 130 valence electrons. The fraction of sp³-hybridized carbons (Fsp3) is 0.467. The SMILES string of the molecule is CCCCNCCOc1c(Cl)cc(C)cc1Br.O=C(O)C(=O)O. The summed E-state index contributed by atoms with van der Waals surface area (Å²) in [6.07, 6.45) is 2.41. The number of benzene rings is 1. The summed E-state index contributed by atoms with van der Waals surface area (Å²) in [5.41, 5.74) is 1.12. The van der Waals surface area contributed by atoms with Gasteiger partial charge in [0.2, 0.25) is 0 Å². The minimum atomic E-state index is -1.82. The van der Waals surface area contributed by atoms with Crippen LogP contribution in [0.4, 0.5) is 0 Å². The normalized spacial score (nSPS) is 9.74. The molecule has 3 N–H and O–H groups in total. The maximum atomic E-state index is 9.10. The topological polar surface area (TPSA) is 95.9 Å². The van der Waals surface area contributed by atoms with Crippen LogP contribution in [0.2, 0.25) is 5.02 Å². The van der Waals surface area contributed by atoms with Gasteiger partial charge >= 0.3 is 11.9 Å². The molecule has 0 saturated carbocycles. The Morgan fingerprint density at radius 3 is 2.35 bits per heavy atom. The minimum absolute atomic E-state index is 0.630. The van der Waals surface area contributed by atoms with Crippen molar-refractivity contribution in [3.05, 3.63) is 27.2 Å². The van der Waals surface area contributed by atoms with Gasteiger partial charge in [-0.05, 0) is 53.5 Å². The molecule has 0 unspecified atom stereocenters. The molecule has 0 bridgehead atoms. The van der Waals surface area contributed by atoms with Crippen molar-refractivity contribution in [1.82, 2.24) is 5.32 Å². The first-order valence-corrected chi connectivity index (χ1v) is 8.22. The molecule has 0 aliphatic heterocycles. The molecule has 8 heteroatoms. The predicted octanol–water partition coefficient (Wildman–Crippen LogP) is 3.34. The van der Waals surface area contributed by atoms with Gasteiger partial charge < -0.3 is 20.3 Å². The van der Waals surface area contributed by atoms with Crippen LogP contribution in [-0.4, -0.2) is 41.8 Å². The Balaban J connectivity index is 0.000000688. The number of aliphatic carboxylic acids is 2. The van der Waals surface area contributed by atoms with Crippen molar-refractivity contribution < 1.29 is 24.5 Å². The van der Waals surface area contributed by atoms with Crippen LogP contribution in [0.1, 0.15) is 25.3 Å². The molecule has 0 aliphatic rings. The highest BCUT2D eigenvalue weighted by molar-refractivity contribution is 9.10. The van der Waals surface area contributed by atoms with Crippen molar-refractivity contribution in [2.45, 2.75) is 26.7 Å². The number of carbonyl (C=O) groups is 2. The molecule has 6 nitrogen and oxygen atoms in total. The summed E-state index contributed by atoms with van der Waals surface area (Å²) in [4.78, 5) is 18.2. The molecule has 1 aromatic rings. The smallest absolute Gasteiger partial charge is 0.414 e. The van der Waals surface area contributed by atoms with Crippen LogP contribution in [0.15, 0.2) is 16.6 Å². The second-order valence-corrected chi connectivity index (χ2v) is 5.88. The number of ether oxygens (including phenoxy) is 1. The summed E-state index contributed by atoms with van der Waals surface area (Å²) in [7, 11) is 0. The van der Waals surface area contributed by atoms with Gasteiger partial charge in [-0.3, -0.25) is 0 Å². The van der Waals surface area contributed by atoms with Crippen molar-refractivity contribution in [2.75, 3.05) is 19.7 Å². The molecule has 0 spiro atoms. The van der Waals surface area contributed by atoms with Gasteiger partial charge in [0.1, 0.15) is 6.61 Å². The van der Waals surface area contributed by atoms with E-state index in [4.69, 9.17) is 36.1 Å². The first kappa shape index (κ1) is 21.7. The fourth-order valence-electron chi connectivity index (χ4n) is 1.48. The quantitative estimate of drug-likeness (QED) is 0.471. The van der Waals surface area contributed by atoms with E-state index in [9.17, 15) is 0 Å². The van der Waals surface area contributed by atoms with Gasteiger partial charge in [-0.15, -0.1) is 0 Å². The number of carboxylic acids is 2. The van der Waals surface area contributed by atoms with E-state index in [2.05, 4.69) is 28.2 Å². The zero-order chi connectivity index (χ0) is 17.8. The van der Waals surface area contributed by atoms with Crippen molar-refractivity contribution >= 4 is 39.5 Å². The minimum Gasteiger partial charge on any atom is -0.490 e. The van der Waals surface area contributed by atoms with E-state index >= 15 is 0 Å². The lowest BCUT2D eigenvalue weighted by atomic mass is 10.2. The second kappa shape index (κ2) is 12.2. The first-order chi connectivity index (χ1) is 10.8. The van der Waals surface area contributed by atoms with Gasteiger partial charge in [-0.25, -0.2) is 9.59 Å². The number of nitrogens with one attached hydrogen (secondary N) is 1. The van der Waals surface area contributed by atoms with Gasteiger partial charge in [0, 0.05) is 6.54 Å². The maximum Gasteiger partial charge on any atom is 0.414 e. The standard InChI is InChI=1S/C13H19BrClNO.C2H2O4/c1-3-4-5-16-6-7-17-13-11(14)8-10(2)9-12(13)15;3-1(4)2(5)6/h8-9,16H,3-7H2,1-2H3;(H,3,4)(H,5,6). The number of unbranched alkanes of at least 4 members (excludes halogenated alkanes) is 1. The summed E-state index contributed by atoms with van der Waals surface area (Å²) < 4.78 is 6.57. The van der Waals surface area contributed by atoms with Gasteiger partial charge in [0.25, 0.3) is 0 Å². The molecule has 0 aromatic heterocycles. The molecule has 0 amide bonds. The highest BCUT2D eigenvalue weighted by Crippen LogP contribution is 2.34. The monoisotopic (exact) mass is 409 g/mol. The van der Waals surface area contributed by atoms with E-state index in [-0.39, 0.29) is 0 Å². The van der Waals surface area contributed by atoms with Crippen LogP contribution >= 0.6 is 27.5 Å². The third-order valence-electron chi connectivity index (χ3n) is 2.56. The Kier molecular flexibility index (Phi) is 11.5. The average molecular weight is 411 g/mol. The molecule has 0 fully saturated rings. The average Bonchev–Trinajstić information content (AvgIpc) is 2.45. The second-order valence-electron chi connectivity index (χ2n) is 4.62. The van der Waals surface area contributed by atoms with Crippen molar-refractivity contribution in [1.29, 1.82) is 0 Å². The molecule has 1 aromatic carbocycles. The van der Waals surface area contributed by atoms with E-state index in [1.807, 2.05) is 19.1 Å². The first-order valence-electron chi connectivity index (χ1n) is 7.05.